The minimum atomic E-state index is -0.0185. The Balaban J connectivity index is 1.19. The van der Waals surface area contributed by atoms with Crippen LogP contribution in [0.3, 0.4) is 0 Å². The van der Waals surface area contributed by atoms with Crippen molar-refractivity contribution in [1.82, 2.24) is 24.4 Å². The second-order valence-electron chi connectivity index (χ2n) is 10.4. The number of nitrogens with zero attached hydrogens (tertiary/aromatic N) is 6. The van der Waals surface area contributed by atoms with Gasteiger partial charge >= 0.3 is 0 Å². The molecule has 4 heterocycles. The molecule has 0 spiro atoms. The summed E-state index contributed by atoms with van der Waals surface area (Å²) >= 11 is 0. The zero-order valence-electron chi connectivity index (χ0n) is 22.8. The molecular weight excluding hydrogens is 506 g/mol. The third-order valence-corrected chi connectivity index (χ3v) is 7.43. The van der Waals surface area contributed by atoms with Crippen molar-refractivity contribution < 1.29 is 14.3 Å². The maximum Gasteiger partial charge on any atom is 0.260 e. The molecule has 2 aromatic heterocycles. The number of fused-ring (bicyclic) bond motifs is 1. The van der Waals surface area contributed by atoms with Gasteiger partial charge in [0.25, 0.3) is 5.91 Å². The van der Waals surface area contributed by atoms with Crippen molar-refractivity contribution >= 4 is 28.8 Å². The Kier molecular flexibility index (Phi) is 7.76. The van der Waals surface area contributed by atoms with E-state index in [0.29, 0.717) is 56.8 Å². The van der Waals surface area contributed by atoms with Gasteiger partial charge in [0.05, 0.1) is 19.0 Å². The number of benzene rings is 2. The quantitative estimate of drug-likeness (QED) is 0.344. The summed E-state index contributed by atoms with van der Waals surface area (Å²) in [6.45, 7) is 6.73. The Hall–Kier alpha value is -4.18. The van der Waals surface area contributed by atoms with Crippen LogP contribution >= 0.6 is 0 Å². The van der Waals surface area contributed by atoms with Crippen molar-refractivity contribution in [3.63, 3.8) is 0 Å². The molecule has 1 amide bonds. The molecule has 2 aromatic carbocycles. The fourth-order valence-electron chi connectivity index (χ4n) is 5.25. The van der Waals surface area contributed by atoms with Crippen molar-refractivity contribution in [2.45, 2.75) is 32.4 Å². The molecule has 0 aliphatic carbocycles. The van der Waals surface area contributed by atoms with E-state index < -0.39 is 0 Å². The lowest BCUT2D eigenvalue weighted by atomic mass is 10.1. The van der Waals surface area contributed by atoms with E-state index in [0.717, 1.165) is 30.6 Å². The second-order valence-corrected chi connectivity index (χ2v) is 10.4. The number of piperazine rings is 1. The van der Waals surface area contributed by atoms with Gasteiger partial charge in [-0.3, -0.25) is 4.79 Å². The number of hydrogen-bond acceptors (Lipinski definition) is 8. The molecule has 1 N–H and O–H groups in total. The van der Waals surface area contributed by atoms with E-state index in [4.69, 9.17) is 24.4 Å². The first-order valence-corrected chi connectivity index (χ1v) is 14.0. The summed E-state index contributed by atoms with van der Waals surface area (Å²) in [5.41, 5.74) is 3.95. The van der Waals surface area contributed by atoms with Gasteiger partial charge in [-0.1, -0.05) is 48.0 Å². The van der Waals surface area contributed by atoms with Crippen molar-refractivity contribution in [1.29, 1.82) is 0 Å². The number of hydrogen-bond donors (Lipinski definition) is 1. The monoisotopic (exact) mass is 541 g/mol. The SMILES string of the molecule is Cc1cccc(Cn2cnc3c(NCC4CCCO4)nc(N4CCN(C(=O)COc5ccccc5)CC4)nc32)c1. The van der Waals surface area contributed by atoms with Gasteiger partial charge in [-0.2, -0.15) is 9.97 Å². The van der Waals surface area contributed by atoms with Crippen molar-refractivity contribution in [3.8, 4) is 5.75 Å². The third-order valence-electron chi connectivity index (χ3n) is 7.43. The number of nitrogens with one attached hydrogen (secondary N) is 1. The van der Waals surface area contributed by atoms with Crippen LogP contribution in [0.5, 0.6) is 5.75 Å². The minimum absolute atomic E-state index is 0.0185. The Morgan fingerprint density at radius 1 is 1.07 bits per heavy atom. The Morgan fingerprint density at radius 3 is 2.70 bits per heavy atom. The zero-order chi connectivity index (χ0) is 27.3. The van der Waals surface area contributed by atoms with Crippen LogP contribution in [0.25, 0.3) is 11.2 Å². The molecule has 1 unspecified atom stereocenters. The molecule has 0 bridgehead atoms. The van der Waals surface area contributed by atoms with Crippen molar-refractivity contribution in [3.05, 3.63) is 72.1 Å². The largest absolute Gasteiger partial charge is 0.484 e. The smallest absolute Gasteiger partial charge is 0.260 e. The second kappa shape index (κ2) is 11.9. The summed E-state index contributed by atoms with van der Waals surface area (Å²) in [4.78, 5) is 31.4. The number of anilines is 2. The first kappa shape index (κ1) is 26.1. The Bertz CT molecular complexity index is 1440. The number of imidazole rings is 1. The molecule has 0 saturated carbocycles. The first-order valence-electron chi connectivity index (χ1n) is 14.0. The van der Waals surface area contributed by atoms with Gasteiger partial charge in [0.1, 0.15) is 5.75 Å². The van der Waals surface area contributed by atoms with Crippen LogP contribution < -0.4 is 15.0 Å². The lowest BCUT2D eigenvalue weighted by Crippen LogP contribution is -2.50. The van der Waals surface area contributed by atoms with Gasteiger partial charge in [0, 0.05) is 39.3 Å². The number of aromatic nitrogens is 4. The highest BCUT2D eigenvalue weighted by atomic mass is 16.5. The molecule has 0 radical (unpaired) electrons. The Morgan fingerprint density at radius 2 is 1.93 bits per heavy atom. The molecule has 40 heavy (non-hydrogen) atoms. The molecule has 10 nitrogen and oxygen atoms in total. The maximum absolute atomic E-state index is 12.8. The van der Waals surface area contributed by atoms with Crippen molar-refractivity contribution in [2.24, 2.45) is 0 Å². The molecule has 4 aromatic rings. The normalized spacial score (nSPS) is 17.4. The van der Waals surface area contributed by atoms with Crippen LogP contribution in [-0.4, -0.2) is 82.4 Å². The fourth-order valence-corrected chi connectivity index (χ4v) is 5.25. The van der Waals surface area contributed by atoms with E-state index in [1.54, 1.807) is 0 Å². The highest BCUT2D eigenvalue weighted by Crippen LogP contribution is 2.25. The number of carbonyl (C=O) groups excluding carboxylic acids is 1. The van der Waals surface area contributed by atoms with Gasteiger partial charge in [-0.05, 0) is 37.5 Å². The van der Waals surface area contributed by atoms with Crippen LogP contribution in [0.15, 0.2) is 60.9 Å². The summed E-state index contributed by atoms with van der Waals surface area (Å²) in [6, 6.07) is 17.9. The van der Waals surface area contributed by atoms with Crippen molar-refractivity contribution in [2.75, 3.05) is 56.2 Å². The van der Waals surface area contributed by atoms with E-state index >= 15 is 0 Å². The molecule has 6 rings (SSSR count). The van der Waals surface area contributed by atoms with E-state index in [1.165, 1.54) is 11.1 Å². The van der Waals surface area contributed by atoms with Crippen LogP contribution in [-0.2, 0) is 16.1 Å². The summed E-state index contributed by atoms with van der Waals surface area (Å²) < 4.78 is 13.6. The molecular formula is C30H35N7O3. The highest BCUT2D eigenvalue weighted by molar-refractivity contribution is 5.84. The van der Waals surface area contributed by atoms with Gasteiger partial charge in [-0.15, -0.1) is 0 Å². The minimum Gasteiger partial charge on any atom is -0.484 e. The average Bonchev–Trinajstić information content (AvgIpc) is 3.66. The molecule has 10 heteroatoms. The summed E-state index contributed by atoms with van der Waals surface area (Å²) in [6.07, 6.45) is 4.14. The van der Waals surface area contributed by atoms with Crippen LogP contribution in [0.4, 0.5) is 11.8 Å². The molecule has 2 saturated heterocycles. The lowest BCUT2D eigenvalue weighted by Gasteiger charge is -2.34. The number of amides is 1. The van der Waals surface area contributed by atoms with Crippen LogP contribution in [0.2, 0.25) is 0 Å². The maximum atomic E-state index is 12.8. The number of ether oxygens (including phenoxy) is 2. The predicted octanol–water partition coefficient (Wildman–Crippen LogP) is 3.50. The van der Waals surface area contributed by atoms with Crippen LogP contribution in [0.1, 0.15) is 24.0 Å². The predicted molar refractivity (Wildman–Crippen MR) is 154 cm³/mol. The Labute approximate surface area is 233 Å². The van der Waals surface area contributed by atoms with Gasteiger partial charge in [-0.25, -0.2) is 4.98 Å². The number of para-hydroxylation sites is 1. The molecule has 2 aliphatic rings. The molecule has 2 aliphatic heterocycles. The third kappa shape index (κ3) is 6.02. The van der Waals surface area contributed by atoms with Gasteiger partial charge in [0.2, 0.25) is 5.95 Å². The van der Waals surface area contributed by atoms with E-state index in [2.05, 4.69) is 46.0 Å². The number of carbonyl (C=O) groups is 1. The fraction of sp³-hybridized carbons (Fsp3) is 0.400. The summed E-state index contributed by atoms with van der Waals surface area (Å²) in [5.74, 6) is 2.03. The van der Waals surface area contributed by atoms with E-state index in [9.17, 15) is 4.79 Å². The first-order chi connectivity index (χ1) is 19.6. The number of aryl methyl sites for hydroxylation is 1. The molecule has 1 atom stereocenters. The summed E-state index contributed by atoms with van der Waals surface area (Å²) in [7, 11) is 0. The van der Waals surface area contributed by atoms with E-state index in [-0.39, 0.29) is 18.6 Å². The number of rotatable bonds is 9. The topological polar surface area (TPSA) is 97.6 Å². The van der Waals surface area contributed by atoms with Crippen LogP contribution in [0, 0.1) is 6.92 Å². The summed E-state index contributed by atoms with van der Waals surface area (Å²) in [5, 5.41) is 3.50. The molecule has 208 valence electrons. The standard InChI is InChI=1S/C30H35N7O3/c1-22-7-5-8-23(17-22)19-37-21-32-27-28(31-18-25-11-6-16-39-25)33-30(34-29(27)37)36-14-12-35(13-15-36)26(38)20-40-24-9-3-2-4-10-24/h2-5,7-10,17,21,25H,6,11-16,18-20H2,1H3,(H,31,33,34). The lowest BCUT2D eigenvalue weighted by molar-refractivity contribution is -0.133. The van der Waals surface area contributed by atoms with Gasteiger partial charge in [0.15, 0.2) is 23.6 Å². The zero-order valence-corrected chi connectivity index (χ0v) is 22.8. The average molecular weight is 542 g/mol. The highest BCUT2D eigenvalue weighted by Gasteiger charge is 2.25. The molecule has 2 fully saturated rings. The van der Waals surface area contributed by atoms with E-state index in [1.807, 2.05) is 41.6 Å². The van der Waals surface area contributed by atoms with Gasteiger partial charge < -0.3 is 29.2 Å².